The maximum absolute atomic E-state index is 5.60. The smallest absolute Gasteiger partial charge is 0.257 e. The van der Waals surface area contributed by atoms with Gasteiger partial charge in [-0.15, -0.1) is 0 Å². The zero-order valence-electron chi connectivity index (χ0n) is 11.1. The van der Waals surface area contributed by atoms with Crippen molar-refractivity contribution in [1.82, 2.24) is 10.1 Å². The molecule has 19 heavy (non-hydrogen) atoms. The van der Waals surface area contributed by atoms with Gasteiger partial charge < -0.3 is 15.0 Å². The molecule has 0 aliphatic rings. The van der Waals surface area contributed by atoms with Gasteiger partial charge in [-0.25, -0.2) is 0 Å². The molecule has 5 heteroatoms. The lowest BCUT2D eigenvalue weighted by Crippen LogP contribution is -2.03. The molecule has 0 fully saturated rings. The average Bonchev–Trinajstić information content (AvgIpc) is 2.89. The lowest BCUT2D eigenvalue weighted by atomic mass is 10.2. The van der Waals surface area contributed by atoms with Crippen LogP contribution in [0.15, 0.2) is 28.8 Å². The van der Waals surface area contributed by atoms with Crippen molar-refractivity contribution in [2.24, 2.45) is 5.73 Å². The van der Waals surface area contributed by atoms with Crippen LogP contribution < -0.4 is 10.5 Å². The van der Waals surface area contributed by atoms with Crippen LogP contribution in [0.3, 0.4) is 0 Å². The Balaban J connectivity index is 2.00. The van der Waals surface area contributed by atoms with Crippen LogP contribution in [-0.2, 0) is 6.42 Å². The number of aromatic nitrogens is 2. The molecule has 0 amide bonds. The van der Waals surface area contributed by atoms with Crippen molar-refractivity contribution in [1.29, 1.82) is 0 Å². The number of rotatable bonds is 7. The van der Waals surface area contributed by atoms with Crippen LogP contribution in [0.2, 0.25) is 0 Å². The first-order valence-electron chi connectivity index (χ1n) is 6.59. The van der Waals surface area contributed by atoms with Gasteiger partial charge in [0.2, 0.25) is 0 Å². The standard InChI is InChI=1S/C14H19N3O2/c1-2-3-10-18-12-6-4-11(5-7-12)14-16-13(8-9-15)17-19-14/h4-7H,2-3,8-10,15H2,1H3. The number of nitrogens with two attached hydrogens (primary N) is 1. The normalized spacial score (nSPS) is 10.6. The molecule has 0 bridgehead atoms. The number of benzene rings is 1. The monoisotopic (exact) mass is 261 g/mol. The van der Waals surface area contributed by atoms with Gasteiger partial charge in [-0.1, -0.05) is 18.5 Å². The molecular formula is C14H19N3O2. The number of ether oxygens (including phenoxy) is 1. The van der Waals surface area contributed by atoms with E-state index in [1.165, 1.54) is 0 Å². The molecule has 0 unspecified atom stereocenters. The summed E-state index contributed by atoms with van der Waals surface area (Å²) in [7, 11) is 0. The van der Waals surface area contributed by atoms with E-state index >= 15 is 0 Å². The Morgan fingerprint density at radius 2 is 2.05 bits per heavy atom. The predicted molar refractivity (Wildman–Crippen MR) is 72.9 cm³/mol. The van der Waals surface area contributed by atoms with E-state index in [0.717, 1.165) is 30.8 Å². The molecule has 0 spiro atoms. The van der Waals surface area contributed by atoms with Gasteiger partial charge in [0.1, 0.15) is 5.75 Å². The third-order valence-corrected chi connectivity index (χ3v) is 2.70. The van der Waals surface area contributed by atoms with E-state index in [0.29, 0.717) is 24.7 Å². The predicted octanol–water partition coefficient (Wildman–Crippen LogP) is 2.42. The Labute approximate surface area is 112 Å². The molecule has 0 radical (unpaired) electrons. The van der Waals surface area contributed by atoms with Gasteiger partial charge in [0.05, 0.1) is 6.61 Å². The fraction of sp³-hybridized carbons (Fsp3) is 0.429. The summed E-state index contributed by atoms with van der Waals surface area (Å²) in [6.07, 6.45) is 2.82. The van der Waals surface area contributed by atoms with Gasteiger partial charge in [0, 0.05) is 12.0 Å². The summed E-state index contributed by atoms with van der Waals surface area (Å²) in [5, 5.41) is 3.87. The lowest BCUT2D eigenvalue weighted by Gasteiger charge is -2.04. The topological polar surface area (TPSA) is 74.2 Å². The van der Waals surface area contributed by atoms with Crippen molar-refractivity contribution in [3.8, 4) is 17.2 Å². The summed E-state index contributed by atoms with van der Waals surface area (Å²) in [5.74, 6) is 2.02. The highest BCUT2D eigenvalue weighted by atomic mass is 16.5. The van der Waals surface area contributed by atoms with Crippen LogP contribution in [-0.4, -0.2) is 23.3 Å². The third kappa shape index (κ3) is 3.79. The molecule has 1 aromatic carbocycles. The molecular weight excluding hydrogens is 242 g/mol. The Hall–Kier alpha value is -1.88. The lowest BCUT2D eigenvalue weighted by molar-refractivity contribution is 0.309. The molecule has 102 valence electrons. The maximum Gasteiger partial charge on any atom is 0.257 e. The molecule has 2 N–H and O–H groups in total. The minimum atomic E-state index is 0.517. The second-order valence-corrected chi connectivity index (χ2v) is 4.28. The fourth-order valence-corrected chi connectivity index (χ4v) is 1.63. The van der Waals surface area contributed by atoms with Crippen LogP contribution in [0.25, 0.3) is 11.5 Å². The van der Waals surface area contributed by atoms with Gasteiger partial charge in [0.25, 0.3) is 5.89 Å². The SMILES string of the molecule is CCCCOc1ccc(-c2nc(CCN)no2)cc1. The molecule has 5 nitrogen and oxygen atoms in total. The molecule has 0 atom stereocenters. The third-order valence-electron chi connectivity index (χ3n) is 2.70. The van der Waals surface area contributed by atoms with E-state index in [1.54, 1.807) is 0 Å². The van der Waals surface area contributed by atoms with Crippen molar-refractivity contribution < 1.29 is 9.26 Å². The van der Waals surface area contributed by atoms with E-state index in [4.69, 9.17) is 15.0 Å². The summed E-state index contributed by atoms with van der Waals surface area (Å²) >= 11 is 0. The van der Waals surface area contributed by atoms with E-state index in [-0.39, 0.29) is 0 Å². The van der Waals surface area contributed by atoms with E-state index in [1.807, 2.05) is 24.3 Å². The Morgan fingerprint density at radius 3 is 2.74 bits per heavy atom. The molecule has 0 aliphatic heterocycles. The quantitative estimate of drug-likeness (QED) is 0.775. The van der Waals surface area contributed by atoms with Gasteiger partial charge >= 0.3 is 0 Å². The first kappa shape index (κ1) is 13.5. The maximum atomic E-state index is 5.60. The van der Waals surface area contributed by atoms with Crippen molar-refractivity contribution in [3.05, 3.63) is 30.1 Å². The van der Waals surface area contributed by atoms with Crippen molar-refractivity contribution in [2.75, 3.05) is 13.2 Å². The summed E-state index contributed by atoms with van der Waals surface area (Å²) in [4.78, 5) is 4.28. The van der Waals surface area contributed by atoms with Crippen LogP contribution in [0, 0.1) is 0 Å². The highest BCUT2D eigenvalue weighted by Crippen LogP contribution is 2.21. The van der Waals surface area contributed by atoms with Gasteiger partial charge in [0.15, 0.2) is 5.82 Å². The fourth-order valence-electron chi connectivity index (χ4n) is 1.63. The van der Waals surface area contributed by atoms with Crippen LogP contribution in [0.4, 0.5) is 0 Å². The summed E-state index contributed by atoms with van der Waals surface area (Å²) in [6.45, 7) is 3.40. The van der Waals surface area contributed by atoms with E-state index < -0.39 is 0 Å². The van der Waals surface area contributed by atoms with E-state index in [2.05, 4.69) is 17.1 Å². The molecule has 2 rings (SSSR count). The second-order valence-electron chi connectivity index (χ2n) is 4.28. The Kier molecular flexibility index (Phi) is 4.92. The first-order valence-corrected chi connectivity index (χ1v) is 6.59. The summed E-state index contributed by atoms with van der Waals surface area (Å²) in [5.41, 5.74) is 6.34. The van der Waals surface area contributed by atoms with Crippen LogP contribution >= 0.6 is 0 Å². The zero-order chi connectivity index (χ0) is 13.5. The summed E-state index contributed by atoms with van der Waals surface area (Å²) < 4.78 is 10.8. The molecule has 0 saturated carbocycles. The highest BCUT2D eigenvalue weighted by molar-refractivity contribution is 5.54. The van der Waals surface area contributed by atoms with Gasteiger partial charge in [-0.2, -0.15) is 4.98 Å². The van der Waals surface area contributed by atoms with Crippen molar-refractivity contribution >= 4 is 0 Å². The Bertz CT molecular complexity index is 494. The minimum absolute atomic E-state index is 0.517. The van der Waals surface area contributed by atoms with Gasteiger partial charge in [-0.3, -0.25) is 0 Å². The first-order chi connectivity index (χ1) is 9.33. The zero-order valence-corrected chi connectivity index (χ0v) is 11.1. The average molecular weight is 261 g/mol. The number of hydrogen-bond donors (Lipinski definition) is 1. The summed E-state index contributed by atoms with van der Waals surface area (Å²) in [6, 6.07) is 7.66. The highest BCUT2D eigenvalue weighted by Gasteiger charge is 2.08. The molecule has 1 aromatic heterocycles. The van der Waals surface area contributed by atoms with Crippen molar-refractivity contribution in [2.45, 2.75) is 26.2 Å². The second kappa shape index (κ2) is 6.89. The molecule has 0 saturated heterocycles. The number of unbranched alkanes of at least 4 members (excludes halogenated alkanes) is 1. The van der Waals surface area contributed by atoms with Crippen LogP contribution in [0.1, 0.15) is 25.6 Å². The minimum Gasteiger partial charge on any atom is -0.494 e. The van der Waals surface area contributed by atoms with Crippen molar-refractivity contribution in [3.63, 3.8) is 0 Å². The largest absolute Gasteiger partial charge is 0.494 e. The molecule has 2 aromatic rings. The van der Waals surface area contributed by atoms with Crippen LogP contribution in [0.5, 0.6) is 5.75 Å². The molecule has 1 heterocycles. The molecule has 0 aliphatic carbocycles. The van der Waals surface area contributed by atoms with E-state index in [9.17, 15) is 0 Å². The number of nitrogens with zero attached hydrogens (tertiary/aromatic N) is 2. The number of hydrogen-bond acceptors (Lipinski definition) is 5. The Morgan fingerprint density at radius 1 is 1.26 bits per heavy atom. The van der Waals surface area contributed by atoms with Gasteiger partial charge in [-0.05, 0) is 37.2 Å².